The molecular weight excluding hydrogens is 284 g/mol. The molecule has 0 saturated carbocycles. The van der Waals surface area contributed by atoms with Gasteiger partial charge in [-0.1, -0.05) is 43.3 Å². The van der Waals surface area contributed by atoms with E-state index in [4.69, 9.17) is 5.73 Å². The molecular formula is C16H20N2O2S. The Morgan fingerprint density at radius 1 is 1.19 bits per heavy atom. The maximum Gasteiger partial charge on any atom is 0.243 e. The molecule has 2 unspecified atom stereocenters. The smallest absolute Gasteiger partial charge is 0.243 e. The van der Waals surface area contributed by atoms with Gasteiger partial charge in [0.1, 0.15) is 0 Å². The van der Waals surface area contributed by atoms with Crippen molar-refractivity contribution in [3.8, 4) is 0 Å². The first-order chi connectivity index (χ1) is 10.1. The molecule has 2 N–H and O–H groups in total. The molecule has 0 amide bonds. The fraction of sp³-hybridized carbons (Fsp3) is 0.375. The first-order valence-electron chi connectivity index (χ1n) is 7.25. The zero-order valence-corrected chi connectivity index (χ0v) is 12.9. The normalized spacial score (nSPS) is 23.7. The Balaban J connectivity index is 2.13. The highest BCUT2D eigenvalue weighted by molar-refractivity contribution is 7.89. The molecule has 4 nitrogen and oxygen atoms in total. The van der Waals surface area contributed by atoms with Crippen LogP contribution in [0.2, 0.25) is 0 Å². The molecule has 0 aromatic heterocycles. The van der Waals surface area contributed by atoms with Crippen molar-refractivity contribution in [2.45, 2.75) is 24.3 Å². The lowest BCUT2D eigenvalue weighted by atomic mass is 10.0. The van der Waals surface area contributed by atoms with Crippen LogP contribution in [-0.4, -0.2) is 31.9 Å². The van der Waals surface area contributed by atoms with Crippen LogP contribution in [-0.2, 0) is 10.0 Å². The third kappa shape index (κ3) is 2.35. The maximum atomic E-state index is 13.0. The van der Waals surface area contributed by atoms with Crippen molar-refractivity contribution in [1.29, 1.82) is 0 Å². The topological polar surface area (TPSA) is 63.4 Å². The van der Waals surface area contributed by atoms with Crippen molar-refractivity contribution < 1.29 is 8.42 Å². The first-order valence-corrected chi connectivity index (χ1v) is 8.69. The summed E-state index contributed by atoms with van der Waals surface area (Å²) in [6, 6.07) is 12.9. The minimum atomic E-state index is -3.51. The second-order valence-corrected chi connectivity index (χ2v) is 7.52. The van der Waals surface area contributed by atoms with Crippen LogP contribution >= 0.6 is 0 Å². The molecule has 1 saturated heterocycles. The van der Waals surface area contributed by atoms with Gasteiger partial charge in [0.05, 0.1) is 4.90 Å². The number of hydrogen-bond acceptors (Lipinski definition) is 3. The molecule has 2 aromatic carbocycles. The summed E-state index contributed by atoms with van der Waals surface area (Å²) in [4.78, 5) is 0.383. The average molecular weight is 304 g/mol. The Morgan fingerprint density at radius 3 is 2.67 bits per heavy atom. The first kappa shape index (κ1) is 14.5. The number of benzene rings is 2. The number of hydrogen-bond donors (Lipinski definition) is 1. The molecule has 21 heavy (non-hydrogen) atoms. The third-order valence-electron chi connectivity index (χ3n) is 4.41. The quantitative estimate of drug-likeness (QED) is 0.945. The largest absolute Gasteiger partial charge is 0.329 e. The fourth-order valence-electron chi connectivity index (χ4n) is 3.17. The fourth-order valence-corrected chi connectivity index (χ4v) is 5.13. The van der Waals surface area contributed by atoms with Gasteiger partial charge in [-0.3, -0.25) is 0 Å². The molecule has 1 heterocycles. The van der Waals surface area contributed by atoms with E-state index in [1.54, 1.807) is 16.4 Å². The van der Waals surface area contributed by atoms with Gasteiger partial charge < -0.3 is 5.73 Å². The van der Waals surface area contributed by atoms with E-state index in [9.17, 15) is 8.42 Å². The number of sulfonamides is 1. The summed E-state index contributed by atoms with van der Waals surface area (Å²) < 4.78 is 27.7. The van der Waals surface area contributed by atoms with Gasteiger partial charge >= 0.3 is 0 Å². The molecule has 3 rings (SSSR count). The molecule has 0 spiro atoms. The summed E-state index contributed by atoms with van der Waals surface area (Å²) >= 11 is 0. The molecule has 2 aromatic rings. The van der Waals surface area contributed by atoms with Crippen LogP contribution in [0.1, 0.15) is 13.3 Å². The minimum absolute atomic E-state index is 0.103. The van der Waals surface area contributed by atoms with Crippen molar-refractivity contribution >= 4 is 20.8 Å². The van der Waals surface area contributed by atoms with Gasteiger partial charge in [0.2, 0.25) is 10.0 Å². The van der Waals surface area contributed by atoms with Gasteiger partial charge in [0, 0.05) is 24.5 Å². The lowest BCUT2D eigenvalue weighted by molar-refractivity contribution is 0.355. The van der Waals surface area contributed by atoms with E-state index >= 15 is 0 Å². The lowest BCUT2D eigenvalue weighted by Crippen LogP contribution is -2.42. The number of rotatable bonds is 3. The van der Waals surface area contributed by atoms with Gasteiger partial charge in [-0.15, -0.1) is 0 Å². The predicted octanol–water partition coefficient (Wildman–Crippen LogP) is 2.20. The molecule has 1 aliphatic heterocycles. The van der Waals surface area contributed by atoms with Crippen LogP contribution in [0.15, 0.2) is 47.4 Å². The highest BCUT2D eigenvalue weighted by atomic mass is 32.2. The van der Waals surface area contributed by atoms with E-state index in [1.807, 2.05) is 30.3 Å². The third-order valence-corrected chi connectivity index (χ3v) is 6.39. The Morgan fingerprint density at radius 2 is 1.90 bits per heavy atom. The van der Waals surface area contributed by atoms with Crippen molar-refractivity contribution in [3.63, 3.8) is 0 Å². The molecule has 1 aliphatic rings. The summed E-state index contributed by atoms with van der Waals surface area (Å²) in [5.41, 5.74) is 5.80. The van der Waals surface area contributed by atoms with Crippen molar-refractivity contribution in [2.24, 2.45) is 11.7 Å². The van der Waals surface area contributed by atoms with E-state index in [2.05, 4.69) is 6.92 Å². The summed E-state index contributed by atoms with van der Waals surface area (Å²) in [7, 11) is -3.51. The zero-order chi connectivity index (χ0) is 15.0. The summed E-state index contributed by atoms with van der Waals surface area (Å²) in [6.07, 6.45) is 0.867. The number of fused-ring (bicyclic) bond motifs is 1. The van der Waals surface area contributed by atoms with E-state index < -0.39 is 10.0 Å². The van der Waals surface area contributed by atoms with E-state index in [0.29, 0.717) is 23.9 Å². The average Bonchev–Trinajstić information content (AvgIpc) is 2.88. The van der Waals surface area contributed by atoms with Crippen LogP contribution in [0.5, 0.6) is 0 Å². The standard InChI is InChI=1S/C16H20N2O2S/c1-12-9-10-18(15(12)11-17)21(19,20)16-8-4-6-13-5-2-3-7-14(13)16/h2-8,12,15H,9-11,17H2,1H3. The van der Waals surface area contributed by atoms with E-state index in [-0.39, 0.29) is 6.04 Å². The number of nitrogens with two attached hydrogens (primary N) is 1. The summed E-state index contributed by atoms with van der Waals surface area (Å²) in [5, 5.41) is 1.71. The van der Waals surface area contributed by atoms with Gasteiger partial charge in [-0.2, -0.15) is 4.31 Å². The Labute approximate surface area is 125 Å². The molecule has 1 fully saturated rings. The zero-order valence-electron chi connectivity index (χ0n) is 12.1. The van der Waals surface area contributed by atoms with E-state index in [1.165, 1.54) is 0 Å². The Hall–Kier alpha value is -1.43. The highest BCUT2D eigenvalue weighted by Gasteiger charge is 2.39. The molecule has 2 atom stereocenters. The van der Waals surface area contributed by atoms with Gasteiger partial charge in [-0.25, -0.2) is 8.42 Å². The maximum absolute atomic E-state index is 13.0. The molecule has 0 radical (unpaired) electrons. The Kier molecular flexibility index (Phi) is 3.73. The minimum Gasteiger partial charge on any atom is -0.329 e. The van der Waals surface area contributed by atoms with Crippen LogP contribution in [0, 0.1) is 5.92 Å². The SMILES string of the molecule is CC1CCN(S(=O)(=O)c2cccc3ccccc23)C1CN. The predicted molar refractivity (Wildman–Crippen MR) is 84.5 cm³/mol. The van der Waals surface area contributed by atoms with Crippen molar-refractivity contribution in [3.05, 3.63) is 42.5 Å². The second-order valence-electron chi connectivity index (χ2n) is 5.66. The monoisotopic (exact) mass is 304 g/mol. The van der Waals surface area contributed by atoms with Crippen LogP contribution in [0.4, 0.5) is 0 Å². The molecule has 112 valence electrons. The second kappa shape index (κ2) is 5.40. The van der Waals surface area contributed by atoms with Gasteiger partial charge in [0.15, 0.2) is 0 Å². The molecule has 5 heteroatoms. The summed E-state index contributed by atoms with van der Waals surface area (Å²) in [5.74, 6) is 0.305. The lowest BCUT2D eigenvalue weighted by Gasteiger charge is -2.25. The van der Waals surface area contributed by atoms with Crippen LogP contribution in [0.3, 0.4) is 0 Å². The van der Waals surface area contributed by atoms with Gasteiger partial charge in [0.25, 0.3) is 0 Å². The van der Waals surface area contributed by atoms with Crippen molar-refractivity contribution in [2.75, 3.05) is 13.1 Å². The highest BCUT2D eigenvalue weighted by Crippen LogP contribution is 2.32. The summed E-state index contributed by atoms with van der Waals surface area (Å²) in [6.45, 7) is 2.98. The van der Waals surface area contributed by atoms with Crippen LogP contribution < -0.4 is 5.73 Å². The van der Waals surface area contributed by atoms with Crippen LogP contribution in [0.25, 0.3) is 10.8 Å². The Bertz CT molecular complexity index is 752. The number of nitrogens with zero attached hydrogens (tertiary/aromatic N) is 1. The van der Waals surface area contributed by atoms with Gasteiger partial charge in [-0.05, 0) is 23.8 Å². The van der Waals surface area contributed by atoms with Crippen molar-refractivity contribution in [1.82, 2.24) is 4.31 Å². The molecule has 0 aliphatic carbocycles. The van der Waals surface area contributed by atoms with E-state index in [0.717, 1.165) is 17.2 Å². The molecule has 0 bridgehead atoms.